The number of hydrogen-bond acceptors (Lipinski definition) is 5. The number of likely N-dealkylation sites (tertiary alicyclic amines) is 1. The third kappa shape index (κ3) is 4.85. The highest BCUT2D eigenvalue weighted by Crippen LogP contribution is 2.44. The number of carboxylic acid groups (broad SMARTS) is 1. The third-order valence-electron chi connectivity index (χ3n) is 6.35. The van der Waals surface area contributed by atoms with Crippen molar-refractivity contribution in [2.24, 2.45) is 5.92 Å². The molecular formula is C25H28N2O6. The summed E-state index contributed by atoms with van der Waals surface area (Å²) in [7, 11) is 1.44. The number of aliphatic carboxylic acids is 1. The molecule has 2 aromatic carbocycles. The molecule has 1 aliphatic carbocycles. The number of rotatable bonds is 7. The van der Waals surface area contributed by atoms with Crippen LogP contribution < -0.4 is 5.32 Å². The van der Waals surface area contributed by atoms with E-state index in [0.717, 1.165) is 22.3 Å². The van der Waals surface area contributed by atoms with Gasteiger partial charge in [0.25, 0.3) is 0 Å². The summed E-state index contributed by atoms with van der Waals surface area (Å²) in [6.45, 7) is 0.686. The summed E-state index contributed by atoms with van der Waals surface area (Å²) in [5.41, 5.74) is 4.47. The Morgan fingerprint density at radius 3 is 2.33 bits per heavy atom. The van der Waals surface area contributed by atoms with E-state index in [0.29, 0.717) is 19.4 Å². The van der Waals surface area contributed by atoms with Crippen LogP contribution in [0.5, 0.6) is 0 Å². The fourth-order valence-corrected chi connectivity index (χ4v) is 4.72. The Morgan fingerprint density at radius 2 is 1.73 bits per heavy atom. The number of carbonyl (C=O) groups is 3. The maximum atomic E-state index is 13.0. The summed E-state index contributed by atoms with van der Waals surface area (Å²) in [4.78, 5) is 38.4. The summed E-state index contributed by atoms with van der Waals surface area (Å²) in [5.74, 6) is -1.96. The van der Waals surface area contributed by atoms with Crippen LogP contribution in [0, 0.1) is 5.92 Å². The summed E-state index contributed by atoms with van der Waals surface area (Å²) >= 11 is 0. The lowest BCUT2D eigenvalue weighted by Gasteiger charge is -2.33. The van der Waals surface area contributed by atoms with Crippen LogP contribution in [0.2, 0.25) is 0 Å². The van der Waals surface area contributed by atoms with Gasteiger partial charge < -0.3 is 24.8 Å². The van der Waals surface area contributed by atoms with Crippen molar-refractivity contribution in [1.82, 2.24) is 10.2 Å². The maximum absolute atomic E-state index is 13.0. The average molecular weight is 453 g/mol. The van der Waals surface area contributed by atoms with Crippen LogP contribution >= 0.6 is 0 Å². The van der Waals surface area contributed by atoms with Crippen LogP contribution in [-0.2, 0) is 19.1 Å². The van der Waals surface area contributed by atoms with E-state index < -0.39 is 24.0 Å². The van der Waals surface area contributed by atoms with Gasteiger partial charge in [0, 0.05) is 26.1 Å². The second-order valence-electron chi connectivity index (χ2n) is 8.44. The van der Waals surface area contributed by atoms with E-state index >= 15 is 0 Å². The molecule has 8 heteroatoms. The van der Waals surface area contributed by atoms with E-state index in [1.54, 1.807) is 0 Å². The molecule has 0 radical (unpaired) electrons. The number of piperidine rings is 1. The molecule has 1 heterocycles. The highest BCUT2D eigenvalue weighted by atomic mass is 16.5. The summed E-state index contributed by atoms with van der Waals surface area (Å²) in [6, 6.07) is 15.2. The smallest absolute Gasteiger partial charge is 0.407 e. The molecule has 0 bridgehead atoms. The van der Waals surface area contributed by atoms with Gasteiger partial charge in [0.1, 0.15) is 12.6 Å². The molecule has 2 amide bonds. The molecule has 0 aromatic heterocycles. The molecule has 1 fully saturated rings. The van der Waals surface area contributed by atoms with E-state index in [1.807, 2.05) is 36.4 Å². The number of benzene rings is 2. The van der Waals surface area contributed by atoms with Gasteiger partial charge in [-0.1, -0.05) is 48.5 Å². The Labute approximate surface area is 192 Å². The van der Waals surface area contributed by atoms with E-state index in [9.17, 15) is 19.5 Å². The molecule has 1 saturated heterocycles. The second-order valence-corrected chi connectivity index (χ2v) is 8.44. The van der Waals surface area contributed by atoms with Crippen molar-refractivity contribution in [3.63, 3.8) is 0 Å². The van der Waals surface area contributed by atoms with Crippen molar-refractivity contribution in [1.29, 1.82) is 0 Å². The first-order valence-corrected chi connectivity index (χ1v) is 11.1. The second kappa shape index (κ2) is 10.0. The summed E-state index contributed by atoms with van der Waals surface area (Å²) < 4.78 is 10.7. The lowest BCUT2D eigenvalue weighted by Crippen LogP contribution is -2.54. The SMILES string of the molecule is COCC(NC(=O)OCC1c2ccccc2-c2ccccc21)C(=O)N1CCC[C@@H](C(=O)O)C1. The fourth-order valence-electron chi connectivity index (χ4n) is 4.72. The molecule has 0 spiro atoms. The van der Waals surface area contributed by atoms with Gasteiger partial charge in [-0.2, -0.15) is 0 Å². The molecule has 2 atom stereocenters. The number of ether oxygens (including phenoxy) is 2. The van der Waals surface area contributed by atoms with Crippen molar-refractivity contribution in [2.75, 3.05) is 33.4 Å². The van der Waals surface area contributed by atoms with Crippen molar-refractivity contribution in [3.05, 3.63) is 59.7 Å². The first-order chi connectivity index (χ1) is 16.0. The Bertz CT molecular complexity index is 994. The quantitative estimate of drug-likeness (QED) is 0.669. The number of methoxy groups -OCH3 is 1. The summed E-state index contributed by atoms with van der Waals surface area (Å²) in [6.07, 6.45) is 0.431. The summed E-state index contributed by atoms with van der Waals surface area (Å²) in [5, 5.41) is 11.9. The predicted octanol–water partition coefficient (Wildman–Crippen LogP) is 2.86. The average Bonchev–Trinajstić information content (AvgIpc) is 3.16. The minimum Gasteiger partial charge on any atom is -0.481 e. The number of amides is 2. The van der Waals surface area contributed by atoms with Crippen molar-refractivity contribution < 1.29 is 29.0 Å². The number of nitrogens with one attached hydrogen (secondary N) is 1. The van der Waals surface area contributed by atoms with Crippen LogP contribution in [-0.4, -0.2) is 67.4 Å². The lowest BCUT2D eigenvalue weighted by atomic mass is 9.98. The Balaban J connectivity index is 1.40. The number of carbonyl (C=O) groups excluding carboxylic acids is 2. The first kappa shape index (κ1) is 22.8. The molecule has 8 nitrogen and oxygen atoms in total. The Hall–Kier alpha value is -3.39. The van der Waals surface area contributed by atoms with Crippen LogP contribution in [0.1, 0.15) is 29.9 Å². The van der Waals surface area contributed by atoms with Gasteiger partial charge in [-0.15, -0.1) is 0 Å². The number of alkyl carbamates (subject to hydrolysis) is 1. The molecule has 2 N–H and O–H groups in total. The van der Waals surface area contributed by atoms with Gasteiger partial charge >= 0.3 is 12.1 Å². The van der Waals surface area contributed by atoms with E-state index in [2.05, 4.69) is 17.4 Å². The molecule has 2 aromatic rings. The first-order valence-electron chi connectivity index (χ1n) is 11.1. The number of nitrogens with zero attached hydrogens (tertiary/aromatic N) is 1. The molecule has 1 unspecified atom stereocenters. The van der Waals surface area contributed by atoms with Crippen LogP contribution in [0.4, 0.5) is 4.79 Å². The van der Waals surface area contributed by atoms with Gasteiger partial charge in [-0.05, 0) is 35.1 Å². The molecule has 1 aliphatic heterocycles. The molecular weight excluding hydrogens is 424 g/mol. The standard InChI is InChI=1S/C25H28N2O6/c1-32-15-22(23(28)27-12-6-7-16(13-27)24(29)30)26-25(31)33-14-21-19-10-4-2-8-17(19)18-9-3-5-11-20(18)21/h2-5,8-11,16,21-22H,6-7,12-15H2,1H3,(H,26,31)(H,29,30)/t16-,22?/m1/s1. The van der Waals surface area contributed by atoms with E-state index in [-0.39, 0.29) is 31.6 Å². The van der Waals surface area contributed by atoms with Crippen molar-refractivity contribution in [2.45, 2.75) is 24.8 Å². The van der Waals surface area contributed by atoms with Gasteiger partial charge in [-0.3, -0.25) is 9.59 Å². The van der Waals surface area contributed by atoms with Crippen molar-refractivity contribution in [3.8, 4) is 11.1 Å². The largest absolute Gasteiger partial charge is 0.481 e. The van der Waals surface area contributed by atoms with Gasteiger partial charge in [-0.25, -0.2) is 4.79 Å². The van der Waals surface area contributed by atoms with Crippen molar-refractivity contribution >= 4 is 18.0 Å². The molecule has 174 valence electrons. The van der Waals surface area contributed by atoms with Crippen LogP contribution in [0.15, 0.2) is 48.5 Å². The minimum atomic E-state index is -0.946. The van der Waals surface area contributed by atoms with Crippen LogP contribution in [0.3, 0.4) is 0 Å². The molecule has 0 saturated carbocycles. The zero-order chi connectivity index (χ0) is 23.4. The topological polar surface area (TPSA) is 105 Å². The fraction of sp³-hybridized carbons (Fsp3) is 0.400. The Kier molecular flexibility index (Phi) is 6.93. The van der Waals surface area contributed by atoms with Gasteiger partial charge in [0.15, 0.2) is 0 Å². The number of carboxylic acids is 1. The Morgan fingerprint density at radius 1 is 1.09 bits per heavy atom. The highest BCUT2D eigenvalue weighted by molar-refractivity contribution is 5.86. The zero-order valence-electron chi connectivity index (χ0n) is 18.5. The van der Waals surface area contributed by atoms with E-state index in [1.165, 1.54) is 12.0 Å². The highest BCUT2D eigenvalue weighted by Gasteiger charge is 2.33. The number of hydrogen-bond donors (Lipinski definition) is 2. The lowest BCUT2D eigenvalue weighted by molar-refractivity contribution is -0.146. The molecule has 4 rings (SSSR count). The number of fused-ring (bicyclic) bond motifs is 3. The van der Waals surface area contributed by atoms with Gasteiger partial charge in [0.05, 0.1) is 12.5 Å². The maximum Gasteiger partial charge on any atom is 0.407 e. The monoisotopic (exact) mass is 452 g/mol. The van der Waals surface area contributed by atoms with E-state index in [4.69, 9.17) is 9.47 Å². The zero-order valence-corrected chi connectivity index (χ0v) is 18.5. The normalized spacial score (nSPS) is 18.2. The van der Waals surface area contributed by atoms with Gasteiger partial charge in [0.2, 0.25) is 5.91 Å². The predicted molar refractivity (Wildman–Crippen MR) is 121 cm³/mol. The van der Waals surface area contributed by atoms with Crippen LogP contribution in [0.25, 0.3) is 11.1 Å². The molecule has 33 heavy (non-hydrogen) atoms. The molecule has 2 aliphatic rings. The third-order valence-corrected chi connectivity index (χ3v) is 6.35. The minimum absolute atomic E-state index is 0.0305.